The molecule has 0 spiro atoms. The van der Waals surface area contributed by atoms with Crippen molar-refractivity contribution < 1.29 is 14.7 Å². The van der Waals surface area contributed by atoms with Crippen molar-refractivity contribution in [2.45, 2.75) is 51.3 Å². The number of rotatable bonds is 7. The fraction of sp³-hybridized carbons (Fsp3) is 0.714. The number of halogens is 1. The van der Waals surface area contributed by atoms with Crippen LogP contribution in [0.2, 0.25) is 0 Å². The van der Waals surface area contributed by atoms with Crippen LogP contribution in [-0.4, -0.2) is 21.8 Å². The van der Waals surface area contributed by atoms with Gasteiger partial charge in [-0.25, -0.2) is 4.79 Å². The maximum absolute atomic E-state index is 11.9. The summed E-state index contributed by atoms with van der Waals surface area (Å²) in [6.07, 6.45) is 4.96. The number of carboxylic acids is 1. The average Bonchev–Trinajstić information content (AvgIpc) is 2.91. The zero-order valence-corrected chi connectivity index (χ0v) is 13.3. The molecule has 1 saturated carbocycles. The predicted octanol–water partition coefficient (Wildman–Crippen LogP) is 3.07. The number of hydrogen-bond donors (Lipinski definition) is 2. The molecule has 2 atom stereocenters. The largest absolute Gasteiger partial charge is 0.477 e. The SMILES string of the molecule is CC(Br)CCCC=C(NC(=O)C1CC1(C)C)C(=O)O. The minimum absolute atomic E-state index is 0.00919. The van der Waals surface area contributed by atoms with Crippen LogP contribution in [0.4, 0.5) is 0 Å². The van der Waals surface area contributed by atoms with Crippen LogP contribution in [0.15, 0.2) is 11.8 Å². The summed E-state index contributed by atoms with van der Waals surface area (Å²) in [5.74, 6) is -1.30. The lowest BCUT2D eigenvalue weighted by atomic mass is 10.1. The van der Waals surface area contributed by atoms with Gasteiger partial charge in [0.1, 0.15) is 5.70 Å². The summed E-state index contributed by atoms with van der Waals surface area (Å²) in [5.41, 5.74) is 0.0222. The monoisotopic (exact) mass is 331 g/mol. The fourth-order valence-electron chi connectivity index (χ4n) is 1.97. The lowest BCUT2D eigenvalue weighted by molar-refractivity contribution is -0.135. The Morgan fingerprint density at radius 1 is 1.53 bits per heavy atom. The summed E-state index contributed by atoms with van der Waals surface area (Å²) in [6.45, 7) is 6.08. The number of aliphatic carboxylic acids is 1. The van der Waals surface area contributed by atoms with Gasteiger partial charge < -0.3 is 10.4 Å². The van der Waals surface area contributed by atoms with Crippen LogP contribution < -0.4 is 5.32 Å². The standard InChI is InChI=1S/C14H22BrNO3/c1-9(15)6-4-5-7-11(13(18)19)16-12(17)10-8-14(10,2)3/h7,9-10H,4-6,8H2,1-3H3,(H,16,17)(H,18,19). The van der Waals surface area contributed by atoms with E-state index in [1.807, 2.05) is 13.8 Å². The highest BCUT2D eigenvalue weighted by Gasteiger charge is 2.50. The zero-order valence-electron chi connectivity index (χ0n) is 11.7. The van der Waals surface area contributed by atoms with Gasteiger partial charge in [0.15, 0.2) is 0 Å². The molecule has 5 heteroatoms. The van der Waals surface area contributed by atoms with E-state index in [0.717, 1.165) is 19.3 Å². The Balaban J connectivity index is 2.47. The van der Waals surface area contributed by atoms with E-state index in [2.05, 4.69) is 28.2 Å². The second-order valence-electron chi connectivity index (χ2n) is 5.87. The third-order valence-electron chi connectivity index (χ3n) is 3.47. The zero-order chi connectivity index (χ0) is 14.6. The van der Waals surface area contributed by atoms with Crippen LogP contribution in [0.5, 0.6) is 0 Å². The number of carboxylic acid groups (broad SMARTS) is 1. The van der Waals surface area contributed by atoms with Gasteiger partial charge in [0.25, 0.3) is 0 Å². The number of hydrogen-bond acceptors (Lipinski definition) is 2. The van der Waals surface area contributed by atoms with Gasteiger partial charge in [-0.05, 0) is 31.1 Å². The van der Waals surface area contributed by atoms with Crippen LogP contribution in [0.3, 0.4) is 0 Å². The van der Waals surface area contributed by atoms with E-state index >= 15 is 0 Å². The summed E-state index contributed by atoms with van der Waals surface area (Å²) < 4.78 is 0. The van der Waals surface area contributed by atoms with Gasteiger partial charge in [-0.1, -0.05) is 42.8 Å². The normalized spacial score (nSPS) is 22.7. The van der Waals surface area contributed by atoms with E-state index in [1.165, 1.54) is 0 Å². The molecular weight excluding hydrogens is 310 g/mol. The van der Waals surface area contributed by atoms with Gasteiger partial charge in [0, 0.05) is 10.7 Å². The first-order valence-corrected chi connectivity index (χ1v) is 7.54. The number of alkyl halides is 1. The van der Waals surface area contributed by atoms with Gasteiger partial charge >= 0.3 is 5.97 Å². The molecule has 1 aliphatic carbocycles. The van der Waals surface area contributed by atoms with E-state index in [4.69, 9.17) is 5.11 Å². The Morgan fingerprint density at radius 2 is 2.11 bits per heavy atom. The van der Waals surface area contributed by atoms with Crippen molar-refractivity contribution in [2.24, 2.45) is 11.3 Å². The lowest BCUT2D eigenvalue weighted by Crippen LogP contribution is -2.29. The topological polar surface area (TPSA) is 66.4 Å². The van der Waals surface area contributed by atoms with E-state index in [-0.39, 0.29) is 22.9 Å². The summed E-state index contributed by atoms with van der Waals surface area (Å²) in [6, 6.07) is 0. The fourth-order valence-corrected chi connectivity index (χ4v) is 2.30. The summed E-state index contributed by atoms with van der Waals surface area (Å²) in [7, 11) is 0. The molecule has 2 N–H and O–H groups in total. The number of allylic oxidation sites excluding steroid dienone is 1. The molecule has 1 fully saturated rings. The van der Waals surface area contributed by atoms with E-state index < -0.39 is 5.97 Å². The number of carbonyl (C=O) groups is 2. The van der Waals surface area contributed by atoms with Crippen LogP contribution in [0.1, 0.15) is 46.5 Å². The molecule has 0 bridgehead atoms. The summed E-state index contributed by atoms with van der Waals surface area (Å²) >= 11 is 3.44. The lowest BCUT2D eigenvalue weighted by Gasteiger charge is -2.07. The van der Waals surface area contributed by atoms with Crippen molar-refractivity contribution in [1.82, 2.24) is 5.32 Å². The Labute approximate surface area is 122 Å². The number of amides is 1. The second kappa shape index (κ2) is 6.55. The van der Waals surface area contributed by atoms with Crippen molar-refractivity contribution in [3.05, 3.63) is 11.8 Å². The highest BCUT2D eigenvalue weighted by atomic mass is 79.9. The molecule has 19 heavy (non-hydrogen) atoms. The molecule has 1 amide bonds. The molecule has 1 aliphatic rings. The maximum Gasteiger partial charge on any atom is 0.352 e. The molecular formula is C14H22BrNO3. The van der Waals surface area contributed by atoms with E-state index in [9.17, 15) is 9.59 Å². The number of unbranched alkanes of at least 4 members (excludes halogenated alkanes) is 1. The van der Waals surface area contributed by atoms with Crippen LogP contribution in [0, 0.1) is 11.3 Å². The Kier molecular flexibility index (Phi) is 5.59. The van der Waals surface area contributed by atoms with E-state index in [0.29, 0.717) is 11.2 Å². The summed E-state index contributed by atoms with van der Waals surface area (Å²) in [4.78, 5) is 23.4. The first-order chi connectivity index (χ1) is 8.74. The summed E-state index contributed by atoms with van der Waals surface area (Å²) in [5, 5.41) is 11.6. The highest BCUT2D eigenvalue weighted by Crippen LogP contribution is 2.51. The molecule has 0 aromatic heterocycles. The third-order valence-corrected chi connectivity index (χ3v) is 3.93. The molecule has 4 nitrogen and oxygen atoms in total. The average molecular weight is 332 g/mol. The Hall–Kier alpha value is -0.840. The molecule has 0 aliphatic heterocycles. The van der Waals surface area contributed by atoms with Gasteiger partial charge in [0.05, 0.1) is 0 Å². The number of carbonyl (C=O) groups excluding carboxylic acids is 1. The van der Waals surface area contributed by atoms with Crippen molar-refractivity contribution in [2.75, 3.05) is 0 Å². The minimum Gasteiger partial charge on any atom is -0.477 e. The van der Waals surface area contributed by atoms with Crippen LogP contribution in [0.25, 0.3) is 0 Å². The smallest absolute Gasteiger partial charge is 0.352 e. The van der Waals surface area contributed by atoms with Crippen molar-refractivity contribution in [3.63, 3.8) is 0 Å². The quantitative estimate of drug-likeness (QED) is 0.428. The number of nitrogens with one attached hydrogen (secondary N) is 1. The van der Waals surface area contributed by atoms with Crippen LogP contribution in [-0.2, 0) is 9.59 Å². The highest BCUT2D eigenvalue weighted by molar-refractivity contribution is 9.09. The van der Waals surface area contributed by atoms with Gasteiger partial charge in [-0.15, -0.1) is 0 Å². The Bertz CT molecular complexity index is 388. The first kappa shape index (κ1) is 16.2. The van der Waals surface area contributed by atoms with Crippen molar-refractivity contribution >= 4 is 27.8 Å². The molecule has 0 aromatic carbocycles. The van der Waals surface area contributed by atoms with Gasteiger partial charge in [-0.2, -0.15) is 0 Å². The van der Waals surface area contributed by atoms with Crippen molar-refractivity contribution in [3.8, 4) is 0 Å². The molecule has 0 aromatic rings. The Morgan fingerprint density at radius 3 is 2.53 bits per heavy atom. The molecule has 2 unspecified atom stereocenters. The van der Waals surface area contributed by atoms with E-state index in [1.54, 1.807) is 6.08 Å². The van der Waals surface area contributed by atoms with Gasteiger partial charge in [-0.3, -0.25) is 4.79 Å². The third kappa shape index (κ3) is 5.35. The minimum atomic E-state index is -1.07. The molecule has 0 saturated heterocycles. The molecule has 0 radical (unpaired) electrons. The predicted molar refractivity (Wildman–Crippen MR) is 78.0 cm³/mol. The second-order valence-corrected chi connectivity index (χ2v) is 7.43. The van der Waals surface area contributed by atoms with Crippen molar-refractivity contribution in [1.29, 1.82) is 0 Å². The first-order valence-electron chi connectivity index (χ1n) is 6.62. The van der Waals surface area contributed by atoms with Crippen LogP contribution >= 0.6 is 15.9 Å². The molecule has 1 rings (SSSR count). The van der Waals surface area contributed by atoms with Gasteiger partial charge in [0.2, 0.25) is 5.91 Å². The molecule has 108 valence electrons. The molecule has 0 heterocycles. The maximum atomic E-state index is 11.9.